The molecule has 0 bridgehead atoms. The summed E-state index contributed by atoms with van der Waals surface area (Å²) in [7, 11) is 0. The van der Waals surface area contributed by atoms with E-state index in [0.29, 0.717) is 11.8 Å². The summed E-state index contributed by atoms with van der Waals surface area (Å²) in [6, 6.07) is 2.23. The Balaban J connectivity index is 2.81. The lowest BCUT2D eigenvalue weighted by atomic mass is 9.98. The second-order valence-electron chi connectivity index (χ2n) is 4.70. The van der Waals surface area contributed by atoms with Crippen LogP contribution in [0.15, 0.2) is 6.07 Å². The molecule has 0 aliphatic rings. The van der Waals surface area contributed by atoms with E-state index in [1.54, 1.807) is 0 Å². The molecule has 1 atom stereocenters. The van der Waals surface area contributed by atoms with E-state index >= 15 is 0 Å². The van der Waals surface area contributed by atoms with Gasteiger partial charge in [-0.2, -0.15) is 17.7 Å². The largest absolute Gasteiger partial charge is 0.269 e. The average molecular weight is 240 g/mol. The summed E-state index contributed by atoms with van der Waals surface area (Å²) in [4.78, 5) is 0. The first-order valence-electron chi connectivity index (χ1n) is 6.28. The number of hydrogen-bond acceptors (Lipinski definition) is 2. The van der Waals surface area contributed by atoms with Crippen LogP contribution in [0, 0.1) is 11.8 Å². The maximum atomic E-state index is 4.65. The molecule has 1 aromatic heterocycles. The minimum absolute atomic E-state index is 0.609. The third-order valence-electron chi connectivity index (χ3n) is 3.22. The van der Waals surface area contributed by atoms with Gasteiger partial charge in [-0.1, -0.05) is 27.7 Å². The van der Waals surface area contributed by atoms with Gasteiger partial charge in [0.2, 0.25) is 0 Å². The molecular weight excluding hydrogens is 216 g/mol. The second-order valence-corrected chi connectivity index (χ2v) is 5.07. The van der Waals surface area contributed by atoms with Gasteiger partial charge >= 0.3 is 0 Å². The highest BCUT2D eigenvalue weighted by Crippen LogP contribution is 2.17. The van der Waals surface area contributed by atoms with Gasteiger partial charge in [0.15, 0.2) is 0 Å². The normalized spacial score (nSPS) is 13.4. The lowest BCUT2D eigenvalue weighted by Gasteiger charge is -2.19. The maximum absolute atomic E-state index is 4.65. The number of nitrogens with zero attached hydrogens (tertiary/aromatic N) is 2. The van der Waals surface area contributed by atoms with Crippen molar-refractivity contribution in [2.24, 2.45) is 11.8 Å². The van der Waals surface area contributed by atoms with Gasteiger partial charge < -0.3 is 0 Å². The molecule has 0 N–H and O–H groups in total. The van der Waals surface area contributed by atoms with Gasteiger partial charge in [-0.25, -0.2) is 0 Å². The molecule has 1 unspecified atom stereocenters. The van der Waals surface area contributed by atoms with Crippen LogP contribution in [0.2, 0.25) is 0 Å². The topological polar surface area (TPSA) is 17.8 Å². The zero-order valence-electron chi connectivity index (χ0n) is 10.9. The second kappa shape index (κ2) is 6.33. The maximum Gasteiger partial charge on any atom is 0.0624 e. The molecule has 0 fully saturated rings. The van der Waals surface area contributed by atoms with E-state index in [2.05, 4.69) is 56.2 Å². The summed E-state index contributed by atoms with van der Waals surface area (Å²) in [6.45, 7) is 9.88. The van der Waals surface area contributed by atoms with Crippen LogP contribution in [0.25, 0.3) is 0 Å². The van der Waals surface area contributed by atoms with Gasteiger partial charge in [0.1, 0.15) is 0 Å². The van der Waals surface area contributed by atoms with Crippen LogP contribution in [0.4, 0.5) is 0 Å². The number of hydrogen-bond donors (Lipinski definition) is 1. The predicted molar refractivity (Wildman–Crippen MR) is 73.2 cm³/mol. The number of aromatic nitrogens is 2. The Kier molecular flexibility index (Phi) is 5.39. The van der Waals surface area contributed by atoms with Crippen LogP contribution in [0.3, 0.4) is 0 Å². The quantitative estimate of drug-likeness (QED) is 0.756. The summed E-state index contributed by atoms with van der Waals surface area (Å²) < 4.78 is 2.18. The fourth-order valence-electron chi connectivity index (χ4n) is 1.83. The highest BCUT2D eigenvalue weighted by atomic mass is 32.1. The molecule has 0 spiro atoms. The molecule has 16 heavy (non-hydrogen) atoms. The Labute approximate surface area is 105 Å². The summed E-state index contributed by atoms with van der Waals surface area (Å²) in [5.74, 6) is 2.21. The van der Waals surface area contributed by atoms with Gasteiger partial charge in [0.05, 0.1) is 5.69 Å². The van der Waals surface area contributed by atoms with E-state index in [-0.39, 0.29) is 0 Å². The fourth-order valence-corrected chi connectivity index (χ4v) is 2.37. The Morgan fingerprint density at radius 3 is 2.44 bits per heavy atom. The monoisotopic (exact) mass is 240 g/mol. The number of rotatable bonds is 6. The van der Waals surface area contributed by atoms with Crippen molar-refractivity contribution in [1.82, 2.24) is 9.78 Å². The van der Waals surface area contributed by atoms with Crippen molar-refractivity contribution < 1.29 is 0 Å². The standard InChI is InChI=1S/C13H24N2S/c1-5-12-7-13(6-2)15(14-12)8-11(9-16)10(3)4/h7,10-11,16H,5-6,8-9H2,1-4H3. The van der Waals surface area contributed by atoms with Crippen molar-refractivity contribution in [1.29, 1.82) is 0 Å². The van der Waals surface area contributed by atoms with Crippen LogP contribution >= 0.6 is 12.6 Å². The van der Waals surface area contributed by atoms with Gasteiger partial charge in [-0.3, -0.25) is 4.68 Å². The number of aryl methyl sites for hydroxylation is 2. The van der Waals surface area contributed by atoms with Crippen molar-refractivity contribution in [3.8, 4) is 0 Å². The van der Waals surface area contributed by atoms with Gasteiger partial charge in [-0.05, 0) is 36.5 Å². The molecule has 1 rings (SSSR count). The average Bonchev–Trinajstić information content (AvgIpc) is 2.67. The van der Waals surface area contributed by atoms with Gasteiger partial charge in [0, 0.05) is 12.2 Å². The van der Waals surface area contributed by atoms with Crippen LogP contribution in [0.1, 0.15) is 39.1 Å². The molecule has 0 aliphatic heterocycles. The van der Waals surface area contributed by atoms with Crippen molar-refractivity contribution in [3.63, 3.8) is 0 Å². The molecule has 1 aromatic rings. The predicted octanol–water partition coefficient (Wildman–Crippen LogP) is 3.21. The molecule has 0 saturated heterocycles. The van der Waals surface area contributed by atoms with Gasteiger partial charge in [-0.15, -0.1) is 0 Å². The van der Waals surface area contributed by atoms with Crippen LogP contribution in [0.5, 0.6) is 0 Å². The molecule has 0 aromatic carbocycles. The molecule has 0 aliphatic carbocycles. The summed E-state index contributed by atoms with van der Waals surface area (Å²) in [6.07, 6.45) is 2.08. The van der Waals surface area contributed by atoms with E-state index < -0.39 is 0 Å². The van der Waals surface area contributed by atoms with E-state index in [1.165, 1.54) is 11.4 Å². The van der Waals surface area contributed by atoms with Crippen molar-refractivity contribution in [2.75, 3.05) is 5.75 Å². The van der Waals surface area contributed by atoms with E-state index in [4.69, 9.17) is 0 Å². The Morgan fingerprint density at radius 2 is 2.00 bits per heavy atom. The van der Waals surface area contributed by atoms with E-state index in [1.807, 2.05) is 0 Å². The summed E-state index contributed by atoms with van der Waals surface area (Å²) >= 11 is 4.44. The van der Waals surface area contributed by atoms with Crippen LogP contribution < -0.4 is 0 Å². The molecule has 0 amide bonds. The minimum Gasteiger partial charge on any atom is -0.269 e. The third kappa shape index (κ3) is 3.27. The van der Waals surface area contributed by atoms with E-state index in [0.717, 1.165) is 25.1 Å². The molecular formula is C13H24N2S. The zero-order valence-corrected chi connectivity index (χ0v) is 11.8. The summed E-state index contributed by atoms with van der Waals surface area (Å²) in [5, 5.41) is 4.65. The highest BCUT2D eigenvalue weighted by Gasteiger charge is 2.15. The van der Waals surface area contributed by atoms with Crippen molar-refractivity contribution in [2.45, 2.75) is 47.1 Å². The fraction of sp³-hybridized carbons (Fsp3) is 0.769. The van der Waals surface area contributed by atoms with E-state index in [9.17, 15) is 0 Å². The smallest absolute Gasteiger partial charge is 0.0624 e. The SMILES string of the molecule is CCc1cc(CC)n(CC(CS)C(C)C)n1. The molecule has 2 nitrogen and oxygen atoms in total. The zero-order chi connectivity index (χ0) is 12.1. The Bertz CT molecular complexity index is 318. The Hall–Kier alpha value is -0.440. The molecule has 0 radical (unpaired) electrons. The first-order chi connectivity index (χ1) is 7.62. The first kappa shape index (κ1) is 13.6. The molecule has 3 heteroatoms. The van der Waals surface area contributed by atoms with Crippen molar-refractivity contribution in [3.05, 3.63) is 17.5 Å². The van der Waals surface area contributed by atoms with Crippen molar-refractivity contribution >= 4 is 12.6 Å². The first-order valence-corrected chi connectivity index (χ1v) is 6.92. The molecule has 92 valence electrons. The highest BCUT2D eigenvalue weighted by molar-refractivity contribution is 7.80. The minimum atomic E-state index is 0.609. The van der Waals surface area contributed by atoms with Crippen LogP contribution in [-0.2, 0) is 19.4 Å². The third-order valence-corrected chi connectivity index (χ3v) is 3.69. The lowest BCUT2D eigenvalue weighted by Crippen LogP contribution is -2.20. The number of thiol groups is 1. The van der Waals surface area contributed by atoms with Gasteiger partial charge in [0.25, 0.3) is 0 Å². The molecule has 1 heterocycles. The lowest BCUT2D eigenvalue weighted by molar-refractivity contribution is 0.349. The Morgan fingerprint density at radius 1 is 1.31 bits per heavy atom. The summed E-state index contributed by atoms with van der Waals surface area (Å²) in [5.41, 5.74) is 2.56. The van der Waals surface area contributed by atoms with Crippen LogP contribution in [-0.4, -0.2) is 15.5 Å². The molecule has 0 saturated carbocycles.